The molecule has 162 valence electrons. The van der Waals surface area contributed by atoms with Crippen molar-refractivity contribution in [2.45, 2.75) is 129 Å². The van der Waals surface area contributed by atoms with E-state index in [4.69, 9.17) is 0 Å². The third-order valence-corrected chi connectivity index (χ3v) is 7.36. The molecule has 0 bridgehead atoms. The maximum atomic E-state index is 2.58. The number of unbranched alkanes of at least 4 members (excludes halogenated alkanes) is 4. The monoisotopic (exact) mass is 498 g/mol. The number of rotatable bonds is 13. The molecule has 0 saturated heterocycles. The summed E-state index contributed by atoms with van der Waals surface area (Å²) in [4.78, 5) is 0. The first-order chi connectivity index (χ1) is 13.0. The van der Waals surface area contributed by atoms with Gasteiger partial charge in [-0.1, -0.05) is 95.4 Å². The van der Waals surface area contributed by atoms with E-state index >= 15 is 0 Å². The summed E-state index contributed by atoms with van der Waals surface area (Å²) in [5, 5.41) is 0. The van der Waals surface area contributed by atoms with E-state index in [0.717, 1.165) is 0 Å². The van der Waals surface area contributed by atoms with Crippen molar-refractivity contribution >= 4 is 22.6 Å². The third kappa shape index (κ3) is 9.63. The first-order valence-corrected chi connectivity index (χ1v) is 12.8. The maximum absolute atomic E-state index is 2.58. The Morgan fingerprint density at radius 3 is 1.89 bits per heavy atom. The van der Waals surface area contributed by atoms with Gasteiger partial charge in [-0.05, 0) is 92.5 Å². The standard InChI is InChI=1S/C27H47I/c1-9-26(5,6)18-14-10-12-16-24-20-21(2)25(23(4)22(24)3)17-13-11-15-19-27(7,8)28/h20H,9-19H2,1-8H3. The molecule has 0 aliphatic rings. The van der Waals surface area contributed by atoms with Gasteiger partial charge in [-0.3, -0.25) is 0 Å². The van der Waals surface area contributed by atoms with Crippen LogP contribution < -0.4 is 0 Å². The fraction of sp³-hybridized carbons (Fsp3) is 0.778. The van der Waals surface area contributed by atoms with Crippen molar-refractivity contribution in [1.29, 1.82) is 0 Å². The van der Waals surface area contributed by atoms with Gasteiger partial charge in [-0.2, -0.15) is 0 Å². The number of halogens is 1. The molecule has 0 saturated carbocycles. The van der Waals surface area contributed by atoms with Crippen LogP contribution >= 0.6 is 22.6 Å². The van der Waals surface area contributed by atoms with Gasteiger partial charge >= 0.3 is 0 Å². The van der Waals surface area contributed by atoms with Gasteiger partial charge in [0.25, 0.3) is 0 Å². The Labute approximate surface area is 190 Å². The summed E-state index contributed by atoms with van der Waals surface area (Å²) in [6.45, 7) is 18.9. The van der Waals surface area contributed by atoms with Gasteiger partial charge < -0.3 is 0 Å². The Kier molecular flexibility index (Phi) is 11.1. The van der Waals surface area contributed by atoms with Crippen molar-refractivity contribution in [2.24, 2.45) is 5.41 Å². The molecule has 1 heteroatoms. The van der Waals surface area contributed by atoms with Gasteiger partial charge in [-0.15, -0.1) is 0 Å². The van der Waals surface area contributed by atoms with Gasteiger partial charge in [0, 0.05) is 3.42 Å². The van der Waals surface area contributed by atoms with E-state index in [1.807, 2.05) is 0 Å². The summed E-state index contributed by atoms with van der Waals surface area (Å²) in [6, 6.07) is 2.50. The molecule has 0 aliphatic carbocycles. The fourth-order valence-corrected chi connectivity index (χ4v) is 4.54. The topological polar surface area (TPSA) is 0 Å². The van der Waals surface area contributed by atoms with Gasteiger partial charge in [0.15, 0.2) is 0 Å². The zero-order valence-corrected chi connectivity index (χ0v) is 22.4. The third-order valence-electron chi connectivity index (χ3n) is 6.82. The molecule has 0 amide bonds. The lowest BCUT2D eigenvalue weighted by molar-refractivity contribution is 0.308. The fourth-order valence-electron chi connectivity index (χ4n) is 4.16. The van der Waals surface area contributed by atoms with Crippen molar-refractivity contribution in [3.8, 4) is 0 Å². The minimum absolute atomic E-state index is 0.453. The summed E-state index contributed by atoms with van der Waals surface area (Å²) >= 11 is 2.58. The molecule has 0 aliphatic heterocycles. The van der Waals surface area contributed by atoms with E-state index in [1.54, 1.807) is 22.3 Å². The van der Waals surface area contributed by atoms with Crippen LogP contribution in [-0.4, -0.2) is 3.42 Å². The van der Waals surface area contributed by atoms with E-state index in [2.05, 4.69) is 84.0 Å². The van der Waals surface area contributed by atoms with E-state index in [0.29, 0.717) is 8.84 Å². The van der Waals surface area contributed by atoms with E-state index < -0.39 is 0 Å². The molecule has 0 nitrogen and oxygen atoms in total. The van der Waals surface area contributed by atoms with Crippen LogP contribution in [0.2, 0.25) is 0 Å². The number of benzene rings is 1. The second-order valence-corrected chi connectivity index (χ2v) is 13.4. The minimum Gasteiger partial charge on any atom is -0.0795 e. The summed E-state index contributed by atoms with van der Waals surface area (Å²) in [5.41, 5.74) is 8.40. The molecule has 0 spiro atoms. The van der Waals surface area contributed by atoms with E-state index in [-0.39, 0.29) is 0 Å². The quantitative estimate of drug-likeness (QED) is 0.144. The number of aryl methyl sites for hydroxylation is 2. The van der Waals surface area contributed by atoms with Crippen LogP contribution in [0.25, 0.3) is 0 Å². The zero-order chi connectivity index (χ0) is 21.4. The Bertz CT molecular complexity index is 589. The summed E-state index contributed by atoms with van der Waals surface area (Å²) in [6.07, 6.45) is 14.7. The number of hydrogen-bond donors (Lipinski definition) is 0. The van der Waals surface area contributed by atoms with E-state index in [9.17, 15) is 0 Å². The second-order valence-electron chi connectivity index (χ2n) is 10.4. The van der Waals surface area contributed by atoms with Crippen LogP contribution in [0.5, 0.6) is 0 Å². The van der Waals surface area contributed by atoms with Gasteiger partial charge in [-0.25, -0.2) is 0 Å². The molecule has 0 heterocycles. The molecule has 0 aromatic heterocycles. The molecule has 1 aromatic rings. The number of hydrogen-bond acceptors (Lipinski definition) is 0. The average Bonchev–Trinajstić information content (AvgIpc) is 2.60. The summed E-state index contributed by atoms with van der Waals surface area (Å²) in [5.74, 6) is 0. The maximum Gasteiger partial charge on any atom is 0.0166 e. The SMILES string of the molecule is CCC(C)(C)CCCCCc1cc(C)c(CCCCCC(C)(C)I)c(C)c1C. The van der Waals surface area contributed by atoms with Crippen molar-refractivity contribution < 1.29 is 0 Å². The highest BCUT2D eigenvalue weighted by Crippen LogP contribution is 2.29. The van der Waals surface area contributed by atoms with Crippen LogP contribution in [0.1, 0.15) is 120 Å². The molecule has 0 N–H and O–H groups in total. The highest BCUT2D eigenvalue weighted by atomic mass is 127. The molecule has 0 fully saturated rings. The van der Waals surface area contributed by atoms with Crippen LogP contribution in [-0.2, 0) is 12.8 Å². The molecule has 1 rings (SSSR count). The van der Waals surface area contributed by atoms with E-state index in [1.165, 1.54) is 76.2 Å². The second kappa shape index (κ2) is 12.0. The molecule has 28 heavy (non-hydrogen) atoms. The summed E-state index contributed by atoms with van der Waals surface area (Å²) < 4.78 is 0.453. The highest BCUT2D eigenvalue weighted by Gasteiger charge is 2.15. The molecule has 1 aromatic carbocycles. The average molecular weight is 499 g/mol. The predicted molar refractivity (Wildman–Crippen MR) is 137 cm³/mol. The Hall–Kier alpha value is -0.0500. The van der Waals surface area contributed by atoms with Gasteiger partial charge in [0.05, 0.1) is 0 Å². The lowest BCUT2D eigenvalue weighted by atomic mass is 9.84. The molecular formula is C27H47I. The Morgan fingerprint density at radius 2 is 1.32 bits per heavy atom. The van der Waals surface area contributed by atoms with Gasteiger partial charge in [0.2, 0.25) is 0 Å². The van der Waals surface area contributed by atoms with Crippen molar-refractivity contribution in [3.63, 3.8) is 0 Å². The Balaban J connectivity index is 2.52. The molecular weight excluding hydrogens is 451 g/mol. The Morgan fingerprint density at radius 1 is 0.750 bits per heavy atom. The number of alkyl halides is 1. The van der Waals surface area contributed by atoms with Crippen LogP contribution in [0.15, 0.2) is 6.07 Å². The lowest BCUT2D eigenvalue weighted by Gasteiger charge is -2.22. The highest BCUT2D eigenvalue weighted by molar-refractivity contribution is 14.1. The summed E-state index contributed by atoms with van der Waals surface area (Å²) in [7, 11) is 0. The zero-order valence-electron chi connectivity index (χ0n) is 20.2. The van der Waals surface area contributed by atoms with Crippen LogP contribution in [0.4, 0.5) is 0 Å². The smallest absolute Gasteiger partial charge is 0.0166 e. The van der Waals surface area contributed by atoms with Crippen LogP contribution in [0, 0.1) is 26.2 Å². The van der Waals surface area contributed by atoms with Crippen molar-refractivity contribution in [3.05, 3.63) is 33.9 Å². The lowest BCUT2D eigenvalue weighted by Crippen LogP contribution is -2.09. The van der Waals surface area contributed by atoms with Gasteiger partial charge in [0.1, 0.15) is 0 Å². The minimum atomic E-state index is 0.453. The first kappa shape index (κ1) is 26.0. The molecule has 0 atom stereocenters. The predicted octanol–water partition coefficient (Wildman–Crippen LogP) is 9.47. The largest absolute Gasteiger partial charge is 0.0795 e. The molecule has 0 unspecified atom stereocenters. The van der Waals surface area contributed by atoms with Crippen molar-refractivity contribution in [1.82, 2.24) is 0 Å². The normalized spacial score (nSPS) is 12.6. The molecule has 0 radical (unpaired) electrons. The first-order valence-electron chi connectivity index (χ1n) is 11.7. The van der Waals surface area contributed by atoms with Crippen molar-refractivity contribution in [2.75, 3.05) is 0 Å². The van der Waals surface area contributed by atoms with Crippen LogP contribution in [0.3, 0.4) is 0 Å².